The van der Waals surface area contributed by atoms with Crippen LogP contribution in [0.4, 0.5) is 0 Å². The Kier molecular flexibility index (Phi) is 4.03. The summed E-state index contributed by atoms with van der Waals surface area (Å²) in [5.41, 5.74) is 3.00. The lowest BCUT2D eigenvalue weighted by Crippen LogP contribution is -2.09. The van der Waals surface area contributed by atoms with Crippen molar-refractivity contribution in [2.45, 2.75) is 12.3 Å². The van der Waals surface area contributed by atoms with Crippen LogP contribution in [0.3, 0.4) is 0 Å². The number of rotatable bonds is 3. The number of methoxy groups -OCH3 is 1. The number of benzene rings is 2. The van der Waals surface area contributed by atoms with Crippen molar-refractivity contribution in [2.75, 3.05) is 7.11 Å². The molecule has 0 N–H and O–H groups in total. The zero-order valence-electron chi connectivity index (χ0n) is 12.4. The number of alkyl halides is 1. The van der Waals surface area contributed by atoms with Crippen LogP contribution in [-0.4, -0.2) is 7.11 Å². The van der Waals surface area contributed by atoms with E-state index in [0.29, 0.717) is 33.4 Å². The number of hydrogen-bond donors (Lipinski definition) is 0. The van der Waals surface area contributed by atoms with Crippen molar-refractivity contribution >= 4 is 26.9 Å². The van der Waals surface area contributed by atoms with Crippen LogP contribution in [0.15, 0.2) is 51.7 Å². The molecule has 1 aromatic heterocycles. The molecule has 112 valence electrons. The van der Waals surface area contributed by atoms with Crippen molar-refractivity contribution < 1.29 is 9.15 Å². The second-order valence-corrected chi connectivity index (χ2v) is 5.63. The zero-order valence-corrected chi connectivity index (χ0v) is 13.9. The van der Waals surface area contributed by atoms with Crippen LogP contribution in [0.2, 0.25) is 0 Å². The average molecular weight is 359 g/mol. The number of aryl methyl sites for hydroxylation is 1. The Labute approximate surface area is 136 Å². The molecule has 0 unspecified atom stereocenters. The van der Waals surface area contributed by atoms with Gasteiger partial charge in [-0.1, -0.05) is 51.8 Å². The maximum absolute atomic E-state index is 13.0. The molecule has 0 radical (unpaired) electrons. The predicted molar refractivity (Wildman–Crippen MR) is 91.8 cm³/mol. The normalized spacial score (nSPS) is 10.9. The molecule has 3 nitrogen and oxygen atoms in total. The first-order chi connectivity index (χ1) is 10.7. The molecule has 0 amide bonds. The van der Waals surface area contributed by atoms with Gasteiger partial charge in [-0.05, 0) is 24.6 Å². The molecule has 0 aliphatic heterocycles. The third-order valence-electron chi connectivity index (χ3n) is 3.60. The maximum Gasteiger partial charge on any atom is 0.204 e. The summed E-state index contributed by atoms with van der Waals surface area (Å²) in [6.45, 7) is 2.00. The van der Waals surface area contributed by atoms with Crippen LogP contribution < -0.4 is 10.2 Å². The van der Waals surface area contributed by atoms with E-state index in [1.54, 1.807) is 19.2 Å². The van der Waals surface area contributed by atoms with E-state index >= 15 is 0 Å². The zero-order chi connectivity index (χ0) is 15.7. The Bertz CT molecular complexity index is 896. The van der Waals surface area contributed by atoms with E-state index in [9.17, 15) is 4.79 Å². The van der Waals surface area contributed by atoms with Crippen LogP contribution >= 0.6 is 15.9 Å². The highest BCUT2D eigenvalue weighted by Gasteiger charge is 2.18. The Morgan fingerprint density at radius 1 is 1.18 bits per heavy atom. The first-order valence-corrected chi connectivity index (χ1v) is 8.03. The minimum absolute atomic E-state index is 0.0706. The Morgan fingerprint density at radius 2 is 1.95 bits per heavy atom. The first-order valence-electron chi connectivity index (χ1n) is 6.91. The summed E-state index contributed by atoms with van der Waals surface area (Å²) in [4.78, 5) is 13.0. The van der Waals surface area contributed by atoms with Gasteiger partial charge in [0.05, 0.1) is 18.0 Å². The molecule has 0 saturated carbocycles. The minimum Gasteiger partial charge on any atom is -0.496 e. The molecule has 3 aromatic rings. The lowest BCUT2D eigenvalue weighted by Gasteiger charge is -2.11. The maximum atomic E-state index is 13.0. The standard InChI is InChI=1S/C18H15BrO3/c1-11-5-3-6-12(9-11)16-15(10-19)22-14-8-4-7-13(21-2)17(14)18(16)20/h3-9H,10H2,1-2H3. The summed E-state index contributed by atoms with van der Waals surface area (Å²) < 4.78 is 11.3. The molecule has 0 saturated heterocycles. The topological polar surface area (TPSA) is 39.4 Å². The van der Waals surface area contributed by atoms with Gasteiger partial charge >= 0.3 is 0 Å². The second kappa shape index (κ2) is 5.97. The van der Waals surface area contributed by atoms with Gasteiger partial charge in [0.15, 0.2) is 0 Å². The Hall–Kier alpha value is -2.07. The van der Waals surface area contributed by atoms with E-state index in [1.165, 1.54) is 0 Å². The number of fused-ring (bicyclic) bond motifs is 1. The Balaban J connectivity index is 2.43. The monoisotopic (exact) mass is 358 g/mol. The molecule has 0 bridgehead atoms. The highest BCUT2D eigenvalue weighted by molar-refractivity contribution is 9.08. The van der Waals surface area contributed by atoms with Crippen molar-refractivity contribution in [3.63, 3.8) is 0 Å². The second-order valence-electron chi connectivity index (χ2n) is 5.07. The van der Waals surface area contributed by atoms with E-state index < -0.39 is 0 Å². The molecule has 0 atom stereocenters. The average Bonchev–Trinajstić information content (AvgIpc) is 2.53. The fourth-order valence-corrected chi connectivity index (χ4v) is 3.01. The highest BCUT2D eigenvalue weighted by atomic mass is 79.9. The molecule has 4 heteroatoms. The van der Waals surface area contributed by atoms with Crippen molar-refractivity contribution in [2.24, 2.45) is 0 Å². The van der Waals surface area contributed by atoms with E-state index in [-0.39, 0.29) is 5.43 Å². The van der Waals surface area contributed by atoms with Crippen molar-refractivity contribution in [1.82, 2.24) is 0 Å². The Morgan fingerprint density at radius 3 is 2.64 bits per heavy atom. The van der Waals surface area contributed by atoms with E-state index in [2.05, 4.69) is 15.9 Å². The van der Waals surface area contributed by atoms with Crippen molar-refractivity contribution in [3.8, 4) is 16.9 Å². The van der Waals surface area contributed by atoms with Gasteiger partial charge in [0.25, 0.3) is 0 Å². The quantitative estimate of drug-likeness (QED) is 0.638. The first kappa shape index (κ1) is 14.9. The number of halogens is 1. The fraction of sp³-hybridized carbons (Fsp3) is 0.167. The van der Waals surface area contributed by atoms with Crippen LogP contribution in [0, 0.1) is 6.92 Å². The molecule has 1 heterocycles. The van der Waals surface area contributed by atoms with E-state index in [1.807, 2.05) is 37.3 Å². The predicted octanol–water partition coefficient (Wildman–Crippen LogP) is 4.67. The van der Waals surface area contributed by atoms with Gasteiger partial charge in [0.1, 0.15) is 22.5 Å². The van der Waals surface area contributed by atoms with Gasteiger partial charge in [-0.15, -0.1) is 0 Å². The van der Waals surface area contributed by atoms with Crippen LogP contribution in [0.1, 0.15) is 11.3 Å². The summed E-state index contributed by atoms with van der Waals surface area (Å²) in [7, 11) is 1.55. The van der Waals surface area contributed by atoms with Gasteiger partial charge < -0.3 is 9.15 Å². The molecule has 0 aliphatic rings. The largest absolute Gasteiger partial charge is 0.496 e. The van der Waals surface area contributed by atoms with Gasteiger partial charge in [-0.25, -0.2) is 0 Å². The third-order valence-corrected chi connectivity index (χ3v) is 4.11. The lowest BCUT2D eigenvalue weighted by atomic mass is 10.0. The number of ether oxygens (including phenoxy) is 1. The van der Waals surface area contributed by atoms with Crippen molar-refractivity contribution in [1.29, 1.82) is 0 Å². The summed E-state index contributed by atoms with van der Waals surface area (Å²) in [5, 5.41) is 0.949. The van der Waals surface area contributed by atoms with Gasteiger partial charge in [-0.2, -0.15) is 0 Å². The molecular weight excluding hydrogens is 344 g/mol. The molecule has 2 aromatic carbocycles. The van der Waals surface area contributed by atoms with Gasteiger partial charge in [0, 0.05) is 0 Å². The molecule has 0 spiro atoms. The fourth-order valence-electron chi connectivity index (χ4n) is 2.61. The molecule has 0 aliphatic carbocycles. The molecular formula is C18H15BrO3. The summed E-state index contributed by atoms with van der Waals surface area (Å²) >= 11 is 3.42. The third kappa shape index (κ3) is 2.44. The van der Waals surface area contributed by atoms with Crippen molar-refractivity contribution in [3.05, 3.63) is 64.0 Å². The van der Waals surface area contributed by atoms with Crippen LogP contribution in [0.25, 0.3) is 22.1 Å². The van der Waals surface area contributed by atoms with Gasteiger partial charge in [0.2, 0.25) is 5.43 Å². The number of hydrogen-bond acceptors (Lipinski definition) is 3. The molecule has 22 heavy (non-hydrogen) atoms. The minimum atomic E-state index is -0.0706. The van der Waals surface area contributed by atoms with E-state index in [4.69, 9.17) is 9.15 Å². The van der Waals surface area contributed by atoms with Crippen LogP contribution in [-0.2, 0) is 5.33 Å². The smallest absolute Gasteiger partial charge is 0.204 e. The molecule has 3 rings (SSSR count). The summed E-state index contributed by atoms with van der Waals surface area (Å²) in [6.07, 6.45) is 0. The van der Waals surface area contributed by atoms with Crippen LogP contribution in [0.5, 0.6) is 5.75 Å². The summed E-state index contributed by atoms with van der Waals surface area (Å²) in [5.74, 6) is 1.15. The van der Waals surface area contributed by atoms with Gasteiger partial charge in [-0.3, -0.25) is 4.79 Å². The highest BCUT2D eigenvalue weighted by Crippen LogP contribution is 2.30. The van der Waals surface area contributed by atoms with E-state index in [0.717, 1.165) is 11.1 Å². The lowest BCUT2D eigenvalue weighted by molar-refractivity contribution is 0.418. The SMILES string of the molecule is COc1cccc2oc(CBr)c(-c3cccc(C)c3)c(=O)c12. The summed E-state index contributed by atoms with van der Waals surface area (Å²) in [6, 6.07) is 13.2. The molecule has 0 fully saturated rings.